The first-order valence-electron chi connectivity index (χ1n) is 8.71. The van der Waals surface area contributed by atoms with Crippen molar-refractivity contribution in [1.82, 2.24) is 14.9 Å². The molecule has 2 unspecified atom stereocenters. The van der Waals surface area contributed by atoms with Crippen LogP contribution in [0.2, 0.25) is 5.02 Å². The van der Waals surface area contributed by atoms with Crippen molar-refractivity contribution in [3.63, 3.8) is 0 Å². The number of benzene rings is 1. The molecule has 2 rings (SSSR count). The molecular formula is C19H24ClN3O4. The minimum Gasteiger partial charge on any atom is -0.481 e. The van der Waals surface area contributed by atoms with E-state index in [1.165, 1.54) is 6.20 Å². The molecule has 0 aliphatic carbocycles. The largest absolute Gasteiger partial charge is 0.481 e. The van der Waals surface area contributed by atoms with Crippen LogP contribution in [0, 0.1) is 5.92 Å². The van der Waals surface area contributed by atoms with Gasteiger partial charge in [-0.15, -0.1) is 0 Å². The van der Waals surface area contributed by atoms with Gasteiger partial charge in [0.15, 0.2) is 0 Å². The van der Waals surface area contributed by atoms with Crippen molar-refractivity contribution >= 4 is 23.5 Å². The Morgan fingerprint density at radius 3 is 2.59 bits per heavy atom. The average Bonchev–Trinajstić information content (AvgIpc) is 3.01. The van der Waals surface area contributed by atoms with Crippen LogP contribution in [0.3, 0.4) is 0 Å². The average molecular weight is 394 g/mol. The third-order valence-electron chi connectivity index (χ3n) is 4.22. The van der Waals surface area contributed by atoms with E-state index in [0.29, 0.717) is 23.7 Å². The summed E-state index contributed by atoms with van der Waals surface area (Å²) >= 11 is 6.01. The van der Waals surface area contributed by atoms with Gasteiger partial charge >= 0.3 is 11.9 Å². The lowest BCUT2D eigenvalue weighted by Crippen LogP contribution is -2.41. The van der Waals surface area contributed by atoms with Gasteiger partial charge in [-0.1, -0.05) is 37.6 Å². The molecule has 0 amide bonds. The van der Waals surface area contributed by atoms with Gasteiger partial charge in [0.2, 0.25) is 0 Å². The van der Waals surface area contributed by atoms with Crippen molar-refractivity contribution in [2.45, 2.75) is 38.8 Å². The van der Waals surface area contributed by atoms with E-state index >= 15 is 0 Å². The zero-order valence-corrected chi connectivity index (χ0v) is 16.1. The topological polar surface area (TPSA) is 104 Å². The van der Waals surface area contributed by atoms with E-state index in [1.54, 1.807) is 17.0 Å². The second kappa shape index (κ2) is 9.53. The first kappa shape index (κ1) is 20.9. The fourth-order valence-corrected chi connectivity index (χ4v) is 3.12. The van der Waals surface area contributed by atoms with Gasteiger partial charge < -0.3 is 20.1 Å². The number of carboxylic acid groups (broad SMARTS) is 2. The fraction of sp³-hybridized carbons (Fsp3) is 0.421. The Labute approximate surface area is 163 Å². The number of hydrogen-bond donors (Lipinski definition) is 3. The molecule has 27 heavy (non-hydrogen) atoms. The molecule has 3 N–H and O–H groups in total. The predicted octanol–water partition coefficient (Wildman–Crippen LogP) is 2.84. The lowest BCUT2D eigenvalue weighted by Gasteiger charge is -2.20. The molecule has 0 radical (unpaired) electrons. The number of nitrogens with zero attached hydrogens (tertiary/aromatic N) is 2. The summed E-state index contributed by atoms with van der Waals surface area (Å²) in [7, 11) is 0. The molecule has 146 valence electrons. The summed E-state index contributed by atoms with van der Waals surface area (Å²) in [6.07, 6.45) is 3.49. The van der Waals surface area contributed by atoms with Gasteiger partial charge in [-0.25, -0.2) is 4.98 Å². The second-order valence-corrected chi connectivity index (χ2v) is 7.33. The van der Waals surface area contributed by atoms with Gasteiger partial charge in [-0.3, -0.25) is 9.59 Å². The summed E-state index contributed by atoms with van der Waals surface area (Å²) in [4.78, 5) is 27.3. The highest BCUT2D eigenvalue weighted by Gasteiger charge is 2.27. The number of carbonyl (C=O) groups is 2. The summed E-state index contributed by atoms with van der Waals surface area (Å²) < 4.78 is 1.74. The summed E-state index contributed by atoms with van der Waals surface area (Å²) in [5, 5.41) is 22.5. The van der Waals surface area contributed by atoms with Crippen LogP contribution in [-0.2, 0) is 16.1 Å². The third kappa shape index (κ3) is 6.08. The van der Waals surface area contributed by atoms with E-state index in [2.05, 4.69) is 10.3 Å². The highest BCUT2D eigenvalue weighted by atomic mass is 35.5. The zero-order chi connectivity index (χ0) is 20.0. The van der Waals surface area contributed by atoms with Crippen molar-refractivity contribution in [2.75, 3.05) is 6.54 Å². The molecule has 0 saturated carbocycles. The van der Waals surface area contributed by atoms with Gasteiger partial charge in [-0.2, -0.15) is 0 Å². The molecule has 1 heterocycles. The van der Waals surface area contributed by atoms with Crippen molar-refractivity contribution < 1.29 is 19.8 Å². The number of aromatic nitrogens is 2. The van der Waals surface area contributed by atoms with E-state index in [9.17, 15) is 19.8 Å². The van der Waals surface area contributed by atoms with Crippen LogP contribution in [-0.4, -0.2) is 44.3 Å². The maximum Gasteiger partial charge on any atom is 0.320 e. The maximum atomic E-state index is 11.8. The van der Waals surface area contributed by atoms with E-state index < -0.39 is 23.9 Å². The van der Waals surface area contributed by atoms with E-state index in [1.807, 2.05) is 32.0 Å². The summed E-state index contributed by atoms with van der Waals surface area (Å²) in [6.45, 7) is 4.27. The third-order valence-corrected chi connectivity index (χ3v) is 4.45. The molecule has 0 aliphatic rings. The summed E-state index contributed by atoms with van der Waals surface area (Å²) in [5.41, 5.74) is 1.42. The van der Waals surface area contributed by atoms with E-state index in [-0.39, 0.29) is 12.5 Å². The zero-order valence-electron chi connectivity index (χ0n) is 15.3. The Morgan fingerprint density at radius 2 is 2.00 bits per heavy atom. The summed E-state index contributed by atoms with van der Waals surface area (Å²) in [5.74, 6) is -2.76. The Kier molecular flexibility index (Phi) is 7.38. The molecular weight excluding hydrogens is 370 g/mol. The number of rotatable bonds is 10. The second-order valence-electron chi connectivity index (χ2n) is 6.90. The molecule has 1 aromatic heterocycles. The molecule has 7 nitrogen and oxygen atoms in total. The Bertz CT molecular complexity index is 791. The minimum absolute atomic E-state index is 0.000257. The standard InChI is InChI=1S/C19H24ClN3O4/c1-12(2)6-16(19(26)27)22-8-15(18(24)25)17-9-21-11-23(17)10-13-4-3-5-14(20)7-13/h3-5,7,9,11-12,15-16,22H,6,8,10H2,1-2H3,(H,24,25)(H,26,27). The summed E-state index contributed by atoms with van der Waals surface area (Å²) in [6, 6.07) is 6.50. The molecule has 0 aliphatic heterocycles. The van der Waals surface area contributed by atoms with Crippen molar-refractivity contribution in [2.24, 2.45) is 5.92 Å². The number of halogens is 1. The van der Waals surface area contributed by atoms with Crippen LogP contribution >= 0.6 is 11.6 Å². The number of aliphatic carboxylic acids is 2. The molecule has 0 saturated heterocycles. The Morgan fingerprint density at radius 1 is 1.26 bits per heavy atom. The molecule has 8 heteroatoms. The molecule has 2 atom stereocenters. The highest BCUT2D eigenvalue weighted by molar-refractivity contribution is 6.30. The van der Waals surface area contributed by atoms with Crippen LogP contribution in [0.4, 0.5) is 0 Å². The first-order chi connectivity index (χ1) is 12.8. The smallest absolute Gasteiger partial charge is 0.320 e. The fourth-order valence-electron chi connectivity index (χ4n) is 2.91. The normalized spacial score (nSPS) is 13.5. The van der Waals surface area contributed by atoms with Gasteiger partial charge in [0.25, 0.3) is 0 Å². The predicted molar refractivity (Wildman–Crippen MR) is 102 cm³/mol. The molecule has 0 fully saturated rings. The SMILES string of the molecule is CC(C)CC(NCC(C(=O)O)c1cncn1Cc1cccc(Cl)c1)C(=O)O. The Balaban J connectivity index is 2.16. The van der Waals surface area contributed by atoms with Gasteiger partial charge in [0.05, 0.1) is 12.0 Å². The van der Waals surface area contributed by atoms with Crippen molar-refractivity contribution in [1.29, 1.82) is 0 Å². The van der Waals surface area contributed by atoms with Crippen molar-refractivity contribution in [3.05, 3.63) is 53.1 Å². The van der Waals surface area contributed by atoms with Crippen LogP contribution in [0.25, 0.3) is 0 Å². The molecule has 2 aromatic rings. The number of carboxylic acids is 2. The lowest BCUT2D eigenvalue weighted by molar-refractivity contribution is -0.142. The highest BCUT2D eigenvalue weighted by Crippen LogP contribution is 2.19. The molecule has 0 bridgehead atoms. The van der Waals surface area contributed by atoms with Gasteiger partial charge in [0, 0.05) is 24.3 Å². The van der Waals surface area contributed by atoms with Gasteiger partial charge in [-0.05, 0) is 30.0 Å². The number of imidazole rings is 1. The lowest BCUT2D eigenvalue weighted by atomic mass is 10.0. The van der Waals surface area contributed by atoms with E-state index in [4.69, 9.17) is 11.6 Å². The number of nitrogens with one attached hydrogen (secondary N) is 1. The number of hydrogen-bond acceptors (Lipinski definition) is 4. The molecule has 1 aromatic carbocycles. The van der Waals surface area contributed by atoms with Crippen LogP contribution in [0.1, 0.15) is 37.4 Å². The van der Waals surface area contributed by atoms with E-state index in [0.717, 1.165) is 5.56 Å². The quantitative estimate of drug-likeness (QED) is 0.573. The van der Waals surface area contributed by atoms with Crippen LogP contribution in [0.15, 0.2) is 36.8 Å². The molecule has 0 spiro atoms. The maximum absolute atomic E-state index is 11.8. The van der Waals surface area contributed by atoms with Crippen molar-refractivity contribution in [3.8, 4) is 0 Å². The van der Waals surface area contributed by atoms with Crippen LogP contribution in [0.5, 0.6) is 0 Å². The van der Waals surface area contributed by atoms with Crippen LogP contribution < -0.4 is 5.32 Å². The first-order valence-corrected chi connectivity index (χ1v) is 9.09. The Hall–Kier alpha value is -2.38. The van der Waals surface area contributed by atoms with Gasteiger partial charge in [0.1, 0.15) is 12.0 Å². The monoisotopic (exact) mass is 393 g/mol. The minimum atomic E-state index is -1.04.